The number of rotatable bonds is 4. The highest BCUT2D eigenvalue weighted by Crippen LogP contribution is 2.26. The number of hydrogen-bond donors (Lipinski definition) is 2. The van der Waals surface area contributed by atoms with E-state index in [1.807, 2.05) is 37.3 Å². The van der Waals surface area contributed by atoms with Gasteiger partial charge in [-0.2, -0.15) is 5.10 Å². The molecule has 2 aromatic rings. The summed E-state index contributed by atoms with van der Waals surface area (Å²) in [4.78, 5) is 11.9. The second kappa shape index (κ2) is 7.62. The monoisotopic (exact) mass is 336 g/mol. The molecule has 23 heavy (non-hydrogen) atoms. The van der Waals surface area contributed by atoms with E-state index in [0.717, 1.165) is 16.9 Å². The Kier molecular flexibility index (Phi) is 6.36. The van der Waals surface area contributed by atoms with Crippen molar-refractivity contribution < 1.29 is 4.79 Å². The van der Waals surface area contributed by atoms with Gasteiger partial charge in [-0.15, -0.1) is 12.4 Å². The lowest BCUT2D eigenvalue weighted by Crippen LogP contribution is -2.18. The average molecular weight is 337 g/mol. The molecule has 126 valence electrons. The maximum Gasteiger partial charge on any atom is 0.226 e. The van der Waals surface area contributed by atoms with E-state index in [1.54, 1.807) is 4.68 Å². The Hall–Kier alpha value is -1.85. The van der Waals surface area contributed by atoms with Crippen molar-refractivity contribution in [2.24, 2.45) is 5.73 Å². The minimum atomic E-state index is -0.100. The summed E-state index contributed by atoms with van der Waals surface area (Å²) in [5, 5.41) is 7.58. The summed E-state index contributed by atoms with van der Waals surface area (Å²) in [6, 6.07) is 9.96. The van der Waals surface area contributed by atoms with Crippen LogP contribution in [0.15, 0.2) is 30.3 Å². The summed E-state index contributed by atoms with van der Waals surface area (Å²) in [5.41, 5.74) is 8.35. The number of benzene rings is 1. The summed E-state index contributed by atoms with van der Waals surface area (Å²) in [6.45, 7) is 8.66. The molecule has 0 saturated heterocycles. The lowest BCUT2D eigenvalue weighted by atomic mass is 9.92. The summed E-state index contributed by atoms with van der Waals surface area (Å²) in [7, 11) is 0. The number of carbonyl (C=O) groups is 1. The van der Waals surface area contributed by atoms with Crippen LogP contribution < -0.4 is 11.1 Å². The van der Waals surface area contributed by atoms with E-state index in [9.17, 15) is 4.79 Å². The molecule has 0 atom stereocenters. The van der Waals surface area contributed by atoms with Gasteiger partial charge in [0.05, 0.1) is 11.4 Å². The lowest BCUT2D eigenvalue weighted by molar-refractivity contribution is -0.116. The molecule has 0 aliphatic heterocycles. The molecule has 0 fully saturated rings. The third-order valence-corrected chi connectivity index (χ3v) is 3.36. The predicted molar refractivity (Wildman–Crippen MR) is 96.6 cm³/mol. The largest absolute Gasteiger partial charge is 0.330 e. The van der Waals surface area contributed by atoms with Crippen LogP contribution in [0.1, 0.15) is 38.4 Å². The number of hydrogen-bond acceptors (Lipinski definition) is 3. The Morgan fingerprint density at radius 2 is 2.00 bits per heavy atom. The summed E-state index contributed by atoms with van der Waals surface area (Å²) in [6.07, 6.45) is 0.295. The van der Waals surface area contributed by atoms with Gasteiger partial charge in [0.25, 0.3) is 0 Å². The number of amides is 1. The number of nitrogens with two attached hydrogens (primary N) is 1. The van der Waals surface area contributed by atoms with E-state index in [4.69, 9.17) is 5.73 Å². The minimum Gasteiger partial charge on any atom is -0.330 e. The SMILES string of the molecule is Cc1cccc(-n2nc(C(C)(C)C)cc2NC(=O)CCN)c1.Cl. The van der Waals surface area contributed by atoms with Crippen molar-refractivity contribution in [3.63, 3.8) is 0 Å². The Morgan fingerprint density at radius 1 is 1.30 bits per heavy atom. The summed E-state index contributed by atoms with van der Waals surface area (Å²) >= 11 is 0. The van der Waals surface area contributed by atoms with Crippen LogP contribution in [-0.4, -0.2) is 22.2 Å². The quantitative estimate of drug-likeness (QED) is 0.900. The van der Waals surface area contributed by atoms with E-state index >= 15 is 0 Å². The molecular weight excluding hydrogens is 312 g/mol. The summed E-state index contributed by atoms with van der Waals surface area (Å²) in [5.74, 6) is 0.575. The first kappa shape index (κ1) is 19.2. The van der Waals surface area contributed by atoms with Gasteiger partial charge in [0.15, 0.2) is 0 Å². The van der Waals surface area contributed by atoms with Crippen LogP contribution in [0.4, 0.5) is 5.82 Å². The molecule has 0 bridgehead atoms. The Morgan fingerprint density at radius 3 is 2.57 bits per heavy atom. The van der Waals surface area contributed by atoms with Crippen LogP contribution in [0.5, 0.6) is 0 Å². The van der Waals surface area contributed by atoms with Gasteiger partial charge in [-0.05, 0) is 24.6 Å². The standard InChI is InChI=1S/C17H24N4O.ClH/c1-12-6-5-7-13(10-12)21-15(19-16(22)8-9-18)11-14(20-21)17(2,3)4;/h5-7,10-11H,8-9,18H2,1-4H3,(H,19,22);1H. The van der Waals surface area contributed by atoms with Gasteiger partial charge < -0.3 is 11.1 Å². The number of aromatic nitrogens is 2. The fraction of sp³-hybridized carbons (Fsp3) is 0.412. The third kappa shape index (κ3) is 4.81. The zero-order chi connectivity index (χ0) is 16.3. The van der Waals surface area contributed by atoms with Gasteiger partial charge in [0.2, 0.25) is 5.91 Å². The second-order valence-corrected chi connectivity index (χ2v) is 6.50. The number of nitrogens with one attached hydrogen (secondary N) is 1. The molecule has 1 aromatic heterocycles. The van der Waals surface area contributed by atoms with Crippen LogP contribution in [-0.2, 0) is 10.2 Å². The van der Waals surface area contributed by atoms with E-state index in [2.05, 4.69) is 31.2 Å². The molecule has 0 aliphatic rings. The molecule has 1 aromatic carbocycles. The molecule has 1 heterocycles. The van der Waals surface area contributed by atoms with Crippen LogP contribution in [0, 0.1) is 6.92 Å². The molecular formula is C17H25ClN4O. The fourth-order valence-electron chi connectivity index (χ4n) is 2.13. The predicted octanol–water partition coefficient (Wildman–Crippen LogP) is 3.19. The molecule has 3 N–H and O–H groups in total. The molecule has 0 aliphatic carbocycles. The number of anilines is 1. The van der Waals surface area contributed by atoms with Gasteiger partial charge in [-0.1, -0.05) is 32.9 Å². The number of aryl methyl sites for hydroxylation is 1. The van der Waals surface area contributed by atoms with E-state index < -0.39 is 0 Å². The van der Waals surface area contributed by atoms with Crippen LogP contribution in [0.2, 0.25) is 0 Å². The third-order valence-electron chi connectivity index (χ3n) is 3.36. The van der Waals surface area contributed by atoms with Crippen molar-refractivity contribution >= 4 is 24.1 Å². The molecule has 0 saturated carbocycles. The van der Waals surface area contributed by atoms with Crippen LogP contribution in [0.25, 0.3) is 5.69 Å². The molecule has 6 heteroatoms. The highest BCUT2D eigenvalue weighted by Gasteiger charge is 2.21. The first-order valence-electron chi connectivity index (χ1n) is 7.49. The van der Waals surface area contributed by atoms with E-state index in [1.165, 1.54) is 0 Å². The van der Waals surface area contributed by atoms with Gasteiger partial charge in [0.1, 0.15) is 5.82 Å². The molecule has 0 radical (unpaired) electrons. The molecule has 0 unspecified atom stereocenters. The molecule has 5 nitrogen and oxygen atoms in total. The number of carbonyl (C=O) groups excluding carboxylic acids is 1. The Balaban J connectivity index is 0.00000264. The van der Waals surface area contributed by atoms with Crippen molar-refractivity contribution in [2.75, 3.05) is 11.9 Å². The highest BCUT2D eigenvalue weighted by molar-refractivity contribution is 5.90. The number of halogens is 1. The van der Waals surface area contributed by atoms with Gasteiger partial charge in [0, 0.05) is 24.4 Å². The first-order valence-corrected chi connectivity index (χ1v) is 7.49. The van der Waals surface area contributed by atoms with E-state index in [-0.39, 0.29) is 23.7 Å². The topological polar surface area (TPSA) is 72.9 Å². The number of nitrogens with zero attached hydrogens (tertiary/aromatic N) is 2. The highest BCUT2D eigenvalue weighted by atomic mass is 35.5. The minimum absolute atomic E-state index is 0. The van der Waals surface area contributed by atoms with Gasteiger partial charge >= 0.3 is 0 Å². The molecule has 0 spiro atoms. The van der Waals surface area contributed by atoms with Crippen molar-refractivity contribution in [1.82, 2.24) is 9.78 Å². The zero-order valence-electron chi connectivity index (χ0n) is 14.1. The first-order chi connectivity index (χ1) is 10.3. The molecule has 2 rings (SSSR count). The second-order valence-electron chi connectivity index (χ2n) is 6.50. The smallest absolute Gasteiger partial charge is 0.226 e. The van der Waals surface area contributed by atoms with Crippen LogP contribution >= 0.6 is 12.4 Å². The lowest BCUT2D eigenvalue weighted by Gasteiger charge is -2.14. The van der Waals surface area contributed by atoms with Crippen molar-refractivity contribution in [2.45, 2.75) is 39.5 Å². The Labute approximate surface area is 143 Å². The Bertz CT molecular complexity index is 673. The van der Waals surface area contributed by atoms with Crippen LogP contribution in [0.3, 0.4) is 0 Å². The van der Waals surface area contributed by atoms with Crippen molar-refractivity contribution in [3.05, 3.63) is 41.6 Å². The fourth-order valence-corrected chi connectivity index (χ4v) is 2.13. The maximum atomic E-state index is 11.9. The average Bonchev–Trinajstić information content (AvgIpc) is 2.82. The maximum absolute atomic E-state index is 11.9. The normalized spacial score (nSPS) is 11.0. The van der Waals surface area contributed by atoms with Gasteiger partial charge in [-0.3, -0.25) is 4.79 Å². The van der Waals surface area contributed by atoms with Gasteiger partial charge in [-0.25, -0.2) is 4.68 Å². The summed E-state index contributed by atoms with van der Waals surface area (Å²) < 4.78 is 1.78. The van der Waals surface area contributed by atoms with Crippen molar-refractivity contribution in [3.8, 4) is 5.69 Å². The van der Waals surface area contributed by atoms with Crippen molar-refractivity contribution in [1.29, 1.82) is 0 Å². The zero-order valence-corrected chi connectivity index (χ0v) is 14.9. The van der Waals surface area contributed by atoms with E-state index in [0.29, 0.717) is 18.8 Å². The molecule has 1 amide bonds.